The van der Waals surface area contributed by atoms with Crippen LogP contribution in [0, 0.1) is 6.92 Å². The molecule has 0 aliphatic carbocycles. The number of benzene rings is 4. The van der Waals surface area contributed by atoms with Crippen LogP contribution in [-0.2, 0) is 24.8 Å². The van der Waals surface area contributed by atoms with Crippen LogP contribution in [0.2, 0.25) is 0 Å². The summed E-state index contributed by atoms with van der Waals surface area (Å²) >= 11 is 0. The second-order valence-electron chi connectivity index (χ2n) is 11.2. The zero-order valence-corrected chi connectivity index (χ0v) is 26.7. The molecule has 0 aliphatic heterocycles. The summed E-state index contributed by atoms with van der Waals surface area (Å²) in [4.78, 5) is 22.9. The number of nitrogens with zero attached hydrogens (tertiary/aromatic N) is 4. The zero-order chi connectivity index (χ0) is 29.9. The summed E-state index contributed by atoms with van der Waals surface area (Å²) in [5, 5.41) is 0. The molecule has 44 heavy (non-hydrogen) atoms. The largest absolute Gasteiger partial charge is 0.462 e. The number of imidazole rings is 2. The lowest BCUT2D eigenvalue weighted by Crippen LogP contribution is -2.08. The number of unbranched alkanes of at least 4 members (excludes halogenated alkanes) is 1. The minimum absolute atomic E-state index is 0. The first-order valence-electron chi connectivity index (χ1n) is 15.3. The Hall–Kier alpha value is -4.42. The maximum atomic E-state index is 12.8. The van der Waals surface area contributed by atoms with Gasteiger partial charge in [0.25, 0.3) is 0 Å². The average Bonchev–Trinajstić information content (AvgIpc) is 3.55. The van der Waals surface area contributed by atoms with Crippen LogP contribution in [0.25, 0.3) is 44.6 Å². The molecule has 226 valence electrons. The van der Waals surface area contributed by atoms with Gasteiger partial charge in [0.05, 0.1) is 34.2 Å². The minimum Gasteiger partial charge on any atom is -0.462 e. The third kappa shape index (κ3) is 6.00. The molecule has 0 atom stereocenters. The molecule has 2 aromatic heterocycles. The van der Waals surface area contributed by atoms with Crippen LogP contribution in [-0.4, -0.2) is 31.7 Å². The number of esters is 1. The highest BCUT2D eigenvalue weighted by atomic mass is 35.5. The molecule has 0 aliphatic rings. The summed E-state index contributed by atoms with van der Waals surface area (Å²) in [5.74, 6) is 1.77. The smallest absolute Gasteiger partial charge is 0.338 e. The van der Waals surface area contributed by atoms with Crippen molar-refractivity contribution in [2.75, 3.05) is 6.61 Å². The van der Waals surface area contributed by atoms with E-state index in [9.17, 15) is 4.79 Å². The van der Waals surface area contributed by atoms with Gasteiger partial charge in [-0.3, -0.25) is 0 Å². The average molecular weight is 607 g/mol. The van der Waals surface area contributed by atoms with E-state index in [1.165, 1.54) is 5.56 Å². The highest BCUT2D eigenvalue weighted by molar-refractivity contribution is 5.97. The Labute approximate surface area is 265 Å². The molecule has 0 fully saturated rings. The van der Waals surface area contributed by atoms with Gasteiger partial charge in [-0.2, -0.15) is 0 Å². The van der Waals surface area contributed by atoms with E-state index in [2.05, 4.69) is 91.6 Å². The number of hydrogen-bond acceptors (Lipinski definition) is 4. The molecule has 4 aromatic carbocycles. The van der Waals surface area contributed by atoms with Crippen LogP contribution in [0.3, 0.4) is 0 Å². The summed E-state index contributed by atoms with van der Waals surface area (Å²) < 4.78 is 10.0. The summed E-state index contributed by atoms with van der Waals surface area (Å²) in [7, 11) is 2.08. The van der Waals surface area contributed by atoms with Crippen molar-refractivity contribution in [2.24, 2.45) is 7.05 Å². The van der Waals surface area contributed by atoms with Crippen molar-refractivity contribution >= 4 is 40.4 Å². The fourth-order valence-electron chi connectivity index (χ4n) is 5.84. The molecule has 0 amide bonds. The molecular weight excluding hydrogens is 568 g/mol. The second kappa shape index (κ2) is 13.5. The Kier molecular flexibility index (Phi) is 9.50. The molecule has 2 heterocycles. The van der Waals surface area contributed by atoms with Crippen LogP contribution in [0.15, 0.2) is 84.9 Å². The molecule has 6 aromatic rings. The Morgan fingerprint density at radius 2 is 1.59 bits per heavy atom. The fourth-order valence-corrected chi connectivity index (χ4v) is 5.84. The Balaban J connectivity index is 0.00000384. The normalized spacial score (nSPS) is 11.2. The lowest BCUT2D eigenvalue weighted by Gasteiger charge is -2.13. The molecule has 7 heteroatoms. The van der Waals surface area contributed by atoms with E-state index >= 15 is 0 Å². The van der Waals surface area contributed by atoms with E-state index in [4.69, 9.17) is 14.7 Å². The third-order valence-corrected chi connectivity index (χ3v) is 8.13. The van der Waals surface area contributed by atoms with E-state index < -0.39 is 0 Å². The summed E-state index contributed by atoms with van der Waals surface area (Å²) in [6, 6.07) is 28.9. The number of carbonyl (C=O) groups excluding carboxylic acids is 1. The molecule has 0 saturated heterocycles. The van der Waals surface area contributed by atoms with Gasteiger partial charge in [-0.15, -0.1) is 12.4 Å². The highest BCUT2D eigenvalue weighted by Crippen LogP contribution is 2.31. The number of rotatable bonds is 10. The van der Waals surface area contributed by atoms with E-state index in [0.29, 0.717) is 18.7 Å². The van der Waals surface area contributed by atoms with E-state index in [-0.39, 0.29) is 18.4 Å². The Bertz CT molecular complexity index is 1920. The van der Waals surface area contributed by atoms with Crippen LogP contribution in [0.1, 0.15) is 60.4 Å². The van der Waals surface area contributed by atoms with Gasteiger partial charge in [0.1, 0.15) is 11.6 Å². The number of ether oxygens (including phenoxy) is 1. The maximum absolute atomic E-state index is 12.8. The van der Waals surface area contributed by atoms with Crippen LogP contribution < -0.4 is 0 Å². The third-order valence-electron chi connectivity index (χ3n) is 8.13. The van der Waals surface area contributed by atoms with Crippen molar-refractivity contribution in [2.45, 2.75) is 53.0 Å². The van der Waals surface area contributed by atoms with Gasteiger partial charge in [0.2, 0.25) is 0 Å². The first kappa shape index (κ1) is 31.0. The van der Waals surface area contributed by atoms with Crippen LogP contribution in [0.4, 0.5) is 0 Å². The molecular formula is C37H39ClN4O2. The highest BCUT2D eigenvalue weighted by Gasteiger charge is 2.18. The summed E-state index contributed by atoms with van der Waals surface area (Å²) in [5.41, 5.74) is 10.2. The van der Waals surface area contributed by atoms with Crippen molar-refractivity contribution in [3.63, 3.8) is 0 Å². The Morgan fingerprint density at radius 3 is 2.34 bits per heavy atom. The van der Waals surface area contributed by atoms with Crippen molar-refractivity contribution < 1.29 is 9.53 Å². The standard InChI is InChI=1S/C37H38N4O2.ClH/c1-5-7-21-43-37(42)30-14-9-8-13-29(30)27-19-17-26(18-20-27)24-41-33-23-28(22-25(3)35(33)39-34(41)12-6-2)36-38-31-15-10-11-16-32(31)40(36)4;/h8-11,13-20,22-23H,5-7,12,21,24H2,1-4H3;1H. The first-order valence-corrected chi connectivity index (χ1v) is 15.3. The first-order chi connectivity index (χ1) is 21.0. The van der Waals surface area contributed by atoms with Crippen LogP contribution in [0.5, 0.6) is 0 Å². The predicted octanol–water partition coefficient (Wildman–Crippen LogP) is 8.94. The fraction of sp³-hybridized carbons (Fsp3) is 0.270. The summed E-state index contributed by atoms with van der Waals surface area (Å²) in [6.45, 7) is 7.57. The molecule has 0 bridgehead atoms. The molecule has 0 unspecified atom stereocenters. The number of fused-ring (bicyclic) bond motifs is 2. The second-order valence-corrected chi connectivity index (χ2v) is 11.2. The molecule has 0 radical (unpaired) electrons. The van der Waals surface area contributed by atoms with Crippen molar-refractivity contribution in [3.05, 3.63) is 107 Å². The Morgan fingerprint density at radius 1 is 0.841 bits per heavy atom. The van der Waals surface area contributed by atoms with Crippen molar-refractivity contribution in [1.82, 2.24) is 19.1 Å². The lowest BCUT2D eigenvalue weighted by molar-refractivity contribution is 0.0500. The SMILES string of the molecule is CCCCOC(=O)c1ccccc1-c1ccc(Cn2c(CCC)nc3c(C)cc(-c4nc5ccccc5n4C)cc32)cc1.Cl. The molecule has 6 rings (SSSR count). The van der Waals surface area contributed by atoms with Gasteiger partial charge >= 0.3 is 5.97 Å². The van der Waals surface area contributed by atoms with Gasteiger partial charge in [-0.25, -0.2) is 14.8 Å². The molecule has 6 nitrogen and oxygen atoms in total. The van der Waals surface area contributed by atoms with E-state index in [1.54, 1.807) is 0 Å². The molecule has 0 N–H and O–H groups in total. The van der Waals surface area contributed by atoms with E-state index in [0.717, 1.165) is 81.7 Å². The number of hydrogen-bond donors (Lipinski definition) is 0. The monoisotopic (exact) mass is 606 g/mol. The van der Waals surface area contributed by atoms with Crippen molar-refractivity contribution in [1.29, 1.82) is 0 Å². The quantitative estimate of drug-likeness (QED) is 0.115. The lowest BCUT2D eigenvalue weighted by atomic mass is 9.98. The predicted molar refractivity (Wildman–Crippen MR) is 182 cm³/mol. The number of carbonyl (C=O) groups is 1. The number of aryl methyl sites for hydroxylation is 3. The topological polar surface area (TPSA) is 61.9 Å². The zero-order valence-electron chi connectivity index (χ0n) is 25.8. The number of halogens is 1. The number of para-hydroxylation sites is 2. The van der Waals surface area contributed by atoms with Gasteiger partial charge in [0.15, 0.2) is 0 Å². The maximum Gasteiger partial charge on any atom is 0.338 e. The van der Waals surface area contributed by atoms with Gasteiger partial charge in [-0.05, 0) is 72.4 Å². The summed E-state index contributed by atoms with van der Waals surface area (Å²) in [6.07, 6.45) is 3.78. The van der Waals surface area contributed by atoms with Gasteiger partial charge < -0.3 is 13.9 Å². The number of aromatic nitrogens is 4. The van der Waals surface area contributed by atoms with Crippen LogP contribution >= 0.6 is 12.4 Å². The minimum atomic E-state index is -0.269. The van der Waals surface area contributed by atoms with E-state index in [1.807, 2.05) is 30.3 Å². The van der Waals surface area contributed by atoms with Gasteiger partial charge in [0, 0.05) is 25.6 Å². The van der Waals surface area contributed by atoms with Crippen molar-refractivity contribution in [3.8, 4) is 22.5 Å². The molecule has 0 saturated carbocycles. The molecule has 0 spiro atoms. The van der Waals surface area contributed by atoms with Gasteiger partial charge in [-0.1, -0.05) is 74.9 Å².